The third-order valence-corrected chi connectivity index (χ3v) is 43.1. The van der Waals surface area contributed by atoms with Gasteiger partial charge in [0.2, 0.25) is 0 Å². The molecule has 27 aliphatic rings. The number of rotatable bonds is 1. The largest absolute Gasteiger partial charge is 0.286 e. The molecule has 12 saturated carbocycles. The van der Waals surface area contributed by atoms with Gasteiger partial charge in [0.05, 0.1) is 153 Å². The first kappa shape index (κ1) is 84.7. The summed E-state index contributed by atoms with van der Waals surface area (Å²) in [4.78, 5) is 0. The summed E-state index contributed by atoms with van der Waals surface area (Å²) < 4.78 is 36.1. The van der Waals surface area contributed by atoms with E-state index in [4.69, 9.17) is 0 Å². The summed E-state index contributed by atoms with van der Waals surface area (Å²) in [6.07, 6.45) is 70.0. The molecule has 27 nitrogen and oxygen atoms in total. The highest BCUT2D eigenvalue weighted by atomic mass is 32.2. The van der Waals surface area contributed by atoms with Crippen LogP contribution in [0.4, 0.5) is 0 Å². The number of nitrogens with one attached hydrogen (secondary N) is 24. The lowest BCUT2D eigenvalue weighted by molar-refractivity contribution is 0.167. The Labute approximate surface area is 743 Å². The van der Waals surface area contributed by atoms with Gasteiger partial charge in [0.15, 0.2) is 0 Å². The first-order valence-electron chi connectivity index (χ1n) is 54.2. The summed E-state index contributed by atoms with van der Waals surface area (Å²) in [6, 6.07) is 0. The highest BCUT2D eigenvalue weighted by molar-refractivity contribution is 7.86. The van der Waals surface area contributed by atoms with Gasteiger partial charge in [-0.2, -0.15) is 8.42 Å². The van der Waals surface area contributed by atoms with Crippen molar-refractivity contribution >= 4 is 10.1 Å². The van der Waals surface area contributed by atoms with Gasteiger partial charge in [-0.1, -0.05) is 148 Å². The van der Waals surface area contributed by atoms with Crippen molar-refractivity contribution in [3.63, 3.8) is 0 Å². The molecule has 0 amide bonds. The molecule has 0 aromatic rings. The molecule has 25 N–H and O–H groups in total. The first-order valence-corrected chi connectivity index (χ1v) is 55.7. The fourth-order valence-corrected chi connectivity index (χ4v) is 37.5. The zero-order valence-corrected chi connectivity index (χ0v) is 76.0. The van der Waals surface area contributed by atoms with Crippen LogP contribution >= 0.6 is 0 Å². The third-order valence-electron chi connectivity index (χ3n) is 41.8. The van der Waals surface area contributed by atoms with E-state index < -0.39 is 15.4 Å². The van der Waals surface area contributed by atoms with E-state index in [1.807, 2.05) is 0 Å². The molecule has 124 heavy (non-hydrogen) atoms. The Hall–Kier alpha value is -1.05. The van der Waals surface area contributed by atoms with E-state index in [0.29, 0.717) is 153 Å². The lowest BCUT2D eigenvalue weighted by Gasteiger charge is -2.38. The van der Waals surface area contributed by atoms with E-state index in [0.717, 1.165) is 108 Å². The van der Waals surface area contributed by atoms with Crippen molar-refractivity contribution in [3.8, 4) is 0 Å². The van der Waals surface area contributed by atoms with Gasteiger partial charge in [0.25, 0.3) is 10.1 Å². The van der Waals surface area contributed by atoms with Crippen LogP contribution in [0.2, 0.25) is 0 Å². The van der Waals surface area contributed by atoms with Gasteiger partial charge in [-0.05, 0) is 290 Å². The molecule has 27 fully saturated rings. The van der Waals surface area contributed by atoms with Crippen LogP contribution in [-0.4, -0.2) is 166 Å². The minimum Gasteiger partial charge on any atom is -0.286 e. The number of hydrogen-bond donors (Lipinski definition) is 25. The SMILES string of the molecule is C1CCC2C3NC(NC4NC(NC5NC(NC6NC(N3)C3CCCCC63)C3CCCCC53)C3CCCCC43)C2C1.C1CCC2C3NC(NC4NC(NC5NC(NC6NC(N3)C3CCCCC63)C3CCCCC53)C3CCCCC43)C2C1.O=S(=O)(O)C1CCCC2C3NC4NC(NC5NC(NC6NC(NC(N3)C21)C1CCCCC61)C1CCCCC51)C1CCCCC41. The second-order valence-electron chi connectivity index (χ2n) is 47.4. The third kappa shape index (κ3) is 15.8. The van der Waals surface area contributed by atoms with Crippen LogP contribution in [0, 0.1) is 142 Å². The monoisotopic (exact) mass is 1740 g/mol. The lowest BCUT2D eigenvalue weighted by atomic mass is 9.76. The van der Waals surface area contributed by atoms with Crippen LogP contribution < -0.4 is 128 Å². The molecular formula is C96H168N24O3S. The summed E-state index contributed by atoms with van der Waals surface area (Å²) in [7, 11) is -4.16. The molecule has 24 bridgehead atoms. The van der Waals surface area contributed by atoms with Crippen molar-refractivity contribution in [2.24, 2.45) is 142 Å². The van der Waals surface area contributed by atoms with Gasteiger partial charge in [-0.15, -0.1) is 0 Å². The highest BCUT2D eigenvalue weighted by Gasteiger charge is 2.62. The summed E-state index contributed by atoms with van der Waals surface area (Å²) >= 11 is 0. The molecule has 15 heterocycles. The standard InChI is InChI=1S/C32H56N8O3S.2C32H56N8/c41-44(42,43)23-15-7-14-22-24(23)32-39-30-21-13-6-5-12-20(21)28(37-30)35-26-17-9-2-1-8-16(17)25(33-26)34-27-18-10-3-4-11-19(18)29(36-27)38-31(22)40-32;2*1-2-10-18-17(9-1)25-33-26(18)38-28-21-13-5-6-14-22(21)30(35-28)40-32-24-16-8-7-15-23(24)31(36-32)39-29-20-12-4-3-11-19(20)27(34-29)37-25/h16-40H,1-15H2,(H,41,42,43);2*17-40H,1-16H2. The molecular weight excluding hydrogens is 1570 g/mol. The molecule has 12 aliphatic carbocycles. The molecule has 0 aromatic carbocycles. The first-order chi connectivity index (χ1) is 61.0. The Morgan fingerprint density at radius 3 is 0.339 bits per heavy atom. The molecule has 27 rings (SSSR count). The fraction of sp³-hybridized carbons (Fsp3) is 1.00. The smallest absolute Gasteiger partial charge is 0.268 e. The molecule has 15 saturated heterocycles. The summed E-state index contributed by atoms with van der Waals surface area (Å²) in [5, 5.41) is 99.3. The van der Waals surface area contributed by atoms with Crippen LogP contribution in [-0.2, 0) is 10.1 Å². The zero-order valence-electron chi connectivity index (χ0n) is 75.2. The van der Waals surface area contributed by atoms with Gasteiger partial charge >= 0.3 is 0 Å². The van der Waals surface area contributed by atoms with E-state index >= 15 is 0 Å². The summed E-state index contributed by atoms with van der Waals surface area (Å²) in [5.74, 6) is 15.4. The minimum atomic E-state index is -4.16. The van der Waals surface area contributed by atoms with Crippen molar-refractivity contribution < 1.29 is 13.0 Å². The van der Waals surface area contributed by atoms with Crippen molar-refractivity contribution in [2.45, 2.75) is 455 Å². The van der Waals surface area contributed by atoms with E-state index in [2.05, 4.69) is 128 Å². The van der Waals surface area contributed by atoms with Crippen molar-refractivity contribution in [3.05, 3.63) is 0 Å². The molecule has 0 radical (unpaired) electrons. The quantitative estimate of drug-likeness (QED) is 0.122. The van der Waals surface area contributed by atoms with E-state index in [-0.39, 0.29) is 48.8 Å². The Morgan fingerprint density at radius 2 is 0.226 bits per heavy atom. The Kier molecular flexibility index (Phi) is 24.5. The number of hydrogen-bond acceptors (Lipinski definition) is 26. The fourth-order valence-electron chi connectivity index (χ4n) is 36.3. The van der Waals surface area contributed by atoms with E-state index in [1.54, 1.807) is 0 Å². The van der Waals surface area contributed by atoms with Crippen LogP contribution in [0.5, 0.6) is 0 Å². The maximum Gasteiger partial charge on any atom is 0.268 e. The van der Waals surface area contributed by atoms with Gasteiger partial charge in [0, 0.05) is 5.92 Å². The van der Waals surface area contributed by atoms with Crippen LogP contribution in [0.25, 0.3) is 0 Å². The van der Waals surface area contributed by atoms with Crippen molar-refractivity contribution in [1.82, 2.24) is 128 Å². The highest BCUT2D eigenvalue weighted by Crippen LogP contribution is 2.53. The van der Waals surface area contributed by atoms with Crippen LogP contribution in [0.1, 0.15) is 302 Å². The summed E-state index contributed by atoms with van der Waals surface area (Å²) in [5.41, 5.74) is 0. The number of fused-ring (bicyclic) bond motifs is 60. The summed E-state index contributed by atoms with van der Waals surface area (Å²) in [6.45, 7) is 0. The Balaban J connectivity index is 0.000000102. The van der Waals surface area contributed by atoms with Gasteiger partial charge in [-0.3, -0.25) is 132 Å². The predicted octanol–water partition coefficient (Wildman–Crippen LogP) is 6.68. The maximum atomic E-state index is 12.8. The van der Waals surface area contributed by atoms with Crippen LogP contribution in [0.3, 0.4) is 0 Å². The molecule has 0 spiro atoms. The molecule has 28 heteroatoms. The molecule has 33 atom stereocenters. The Bertz CT molecular complexity index is 3190. The van der Waals surface area contributed by atoms with Crippen molar-refractivity contribution in [1.29, 1.82) is 0 Å². The second-order valence-corrected chi connectivity index (χ2v) is 49.1. The van der Waals surface area contributed by atoms with E-state index in [1.165, 1.54) is 283 Å². The average molecular weight is 1740 g/mol. The molecule has 696 valence electrons. The van der Waals surface area contributed by atoms with Gasteiger partial charge in [0.1, 0.15) is 0 Å². The van der Waals surface area contributed by atoms with E-state index in [9.17, 15) is 13.0 Å². The maximum absolute atomic E-state index is 12.8. The van der Waals surface area contributed by atoms with Crippen molar-refractivity contribution in [2.75, 3.05) is 0 Å². The minimum absolute atomic E-state index is 0.00275. The molecule has 0 aromatic heterocycles. The zero-order chi connectivity index (χ0) is 82.0. The van der Waals surface area contributed by atoms with Gasteiger partial charge < -0.3 is 0 Å². The lowest BCUT2D eigenvalue weighted by Crippen LogP contribution is -2.62. The normalized spacial score (nSPS) is 56.9. The van der Waals surface area contributed by atoms with Gasteiger partial charge in [-0.25, -0.2) is 0 Å². The topological polar surface area (TPSA) is 343 Å². The second kappa shape index (κ2) is 35.9. The molecule has 15 aliphatic heterocycles. The molecule has 33 unspecified atom stereocenters. The predicted molar refractivity (Wildman–Crippen MR) is 482 cm³/mol. The Morgan fingerprint density at radius 1 is 0.129 bits per heavy atom. The average Bonchev–Trinajstić information content (AvgIpc) is 1.60. The van der Waals surface area contributed by atoms with Crippen LogP contribution in [0.15, 0.2) is 0 Å².